The van der Waals surface area contributed by atoms with Crippen LogP contribution in [-0.4, -0.2) is 71.4 Å². The van der Waals surface area contributed by atoms with Crippen LogP contribution in [0.2, 0.25) is 0 Å². The van der Waals surface area contributed by atoms with E-state index in [1.54, 1.807) is 31.9 Å². The van der Waals surface area contributed by atoms with Gasteiger partial charge in [-0.3, -0.25) is 14.5 Å². The minimum atomic E-state index is -0.689. The van der Waals surface area contributed by atoms with E-state index in [0.29, 0.717) is 12.2 Å². The van der Waals surface area contributed by atoms with Crippen LogP contribution in [-0.2, 0) is 19.1 Å². The molecule has 1 aliphatic rings. The highest BCUT2D eigenvalue weighted by Crippen LogP contribution is 2.28. The smallest absolute Gasteiger partial charge is 0.333 e. The third kappa shape index (κ3) is 8.10. The number of hydrogen-bond donors (Lipinski definition) is 1. The number of piperidine rings is 1. The van der Waals surface area contributed by atoms with E-state index in [0.717, 1.165) is 25.8 Å². The van der Waals surface area contributed by atoms with Crippen LogP contribution in [0.25, 0.3) is 0 Å². The summed E-state index contributed by atoms with van der Waals surface area (Å²) in [4.78, 5) is 43.3. The van der Waals surface area contributed by atoms with Crippen molar-refractivity contribution in [1.29, 1.82) is 0 Å². The number of nitrogens with one attached hydrogen (secondary N) is 1. The standard InChI is InChI=1S/C27H49N3O4/c1-12-34-25(33)19(4)17-21(18(2)3)29(11)24(32)22(26(5,6)7)28-23(31)20-15-13-14-16-30(20)27(8,9)10/h17-18,20-22H,12-16H2,1-11H3,(H,28,31)/t20-,21+,22+/m0/s1. The SMILES string of the molecule is CCOC(=O)C(C)=C[C@H](C(C)C)N(C)C(=O)[C@@H](NC(=O)[C@@H]1CCCCN1C(C)(C)C)C(C)(C)C. The normalized spacial score (nSPS) is 20.0. The van der Waals surface area contributed by atoms with E-state index >= 15 is 0 Å². The molecule has 7 heteroatoms. The Morgan fingerprint density at radius 2 is 1.71 bits per heavy atom. The van der Waals surface area contributed by atoms with E-state index in [-0.39, 0.29) is 41.3 Å². The first-order valence-electron chi connectivity index (χ1n) is 12.7. The van der Waals surface area contributed by atoms with Crippen LogP contribution >= 0.6 is 0 Å². The monoisotopic (exact) mass is 479 g/mol. The molecule has 1 N–H and O–H groups in total. The molecule has 1 fully saturated rings. The number of ether oxygens (including phenoxy) is 1. The Morgan fingerprint density at radius 3 is 2.18 bits per heavy atom. The summed E-state index contributed by atoms with van der Waals surface area (Å²) in [6.45, 7) is 21.0. The summed E-state index contributed by atoms with van der Waals surface area (Å²) in [5.74, 6) is -0.556. The van der Waals surface area contributed by atoms with Gasteiger partial charge in [0.25, 0.3) is 0 Å². The Balaban J connectivity index is 3.19. The summed E-state index contributed by atoms with van der Waals surface area (Å²) in [5.41, 5.74) is -0.137. The number of nitrogens with zero attached hydrogens (tertiary/aromatic N) is 2. The van der Waals surface area contributed by atoms with Gasteiger partial charge in [0.15, 0.2) is 0 Å². The van der Waals surface area contributed by atoms with Gasteiger partial charge in [0.2, 0.25) is 11.8 Å². The van der Waals surface area contributed by atoms with E-state index in [1.165, 1.54) is 0 Å². The highest BCUT2D eigenvalue weighted by Gasteiger charge is 2.41. The van der Waals surface area contributed by atoms with E-state index in [2.05, 4.69) is 31.0 Å². The quantitative estimate of drug-likeness (QED) is 0.418. The molecule has 196 valence electrons. The second-order valence-corrected chi connectivity index (χ2v) is 11.9. The second kappa shape index (κ2) is 12.2. The molecule has 1 rings (SSSR count). The van der Waals surface area contributed by atoms with Crippen LogP contribution in [0.15, 0.2) is 11.6 Å². The topological polar surface area (TPSA) is 79.0 Å². The summed E-state index contributed by atoms with van der Waals surface area (Å²) >= 11 is 0. The molecule has 0 spiro atoms. The lowest BCUT2D eigenvalue weighted by atomic mass is 9.84. The number of carbonyl (C=O) groups is 3. The Morgan fingerprint density at radius 1 is 1.12 bits per heavy atom. The largest absolute Gasteiger partial charge is 0.463 e. The van der Waals surface area contributed by atoms with Crippen LogP contribution in [0.5, 0.6) is 0 Å². The van der Waals surface area contributed by atoms with Crippen molar-refractivity contribution < 1.29 is 19.1 Å². The molecule has 0 aromatic rings. The third-order valence-corrected chi connectivity index (χ3v) is 6.56. The molecule has 0 aromatic heterocycles. The zero-order valence-corrected chi connectivity index (χ0v) is 23.4. The lowest BCUT2D eigenvalue weighted by Gasteiger charge is -2.45. The lowest BCUT2D eigenvalue weighted by Crippen LogP contribution is -2.62. The molecule has 0 radical (unpaired) electrons. The predicted octanol–water partition coefficient (Wildman–Crippen LogP) is 4.16. The fourth-order valence-electron chi connectivity index (χ4n) is 4.57. The molecular formula is C27H49N3O4. The number of hydrogen-bond acceptors (Lipinski definition) is 5. The van der Waals surface area contributed by atoms with Gasteiger partial charge >= 0.3 is 5.97 Å². The number of rotatable bonds is 8. The van der Waals surface area contributed by atoms with E-state index in [4.69, 9.17) is 4.74 Å². The van der Waals surface area contributed by atoms with Crippen molar-refractivity contribution in [2.75, 3.05) is 20.2 Å². The van der Waals surface area contributed by atoms with Crippen molar-refractivity contribution in [1.82, 2.24) is 15.1 Å². The molecular weight excluding hydrogens is 430 g/mol. The first kappa shape index (κ1) is 30.1. The van der Waals surface area contributed by atoms with Crippen molar-refractivity contribution >= 4 is 17.8 Å². The summed E-state index contributed by atoms with van der Waals surface area (Å²) in [5, 5.41) is 3.12. The molecule has 7 nitrogen and oxygen atoms in total. The van der Waals surface area contributed by atoms with Gasteiger partial charge in [-0.1, -0.05) is 47.1 Å². The van der Waals surface area contributed by atoms with Gasteiger partial charge in [-0.15, -0.1) is 0 Å². The fraction of sp³-hybridized carbons (Fsp3) is 0.815. The number of esters is 1. The van der Waals surface area contributed by atoms with Crippen molar-refractivity contribution in [2.24, 2.45) is 11.3 Å². The van der Waals surface area contributed by atoms with Crippen LogP contribution in [0.1, 0.15) is 88.5 Å². The average molecular weight is 480 g/mol. The number of likely N-dealkylation sites (N-methyl/N-ethyl adjacent to an activating group) is 1. The minimum absolute atomic E-state index is 0.0735. The zero-order valence-electron chi connectivity index (χ0n) is 23.4. The van der Waals surface area contributed by atoms with Crippen LogP contribution in [0.3, 0.4) is 0 Å². The van der Waals surface area contributed by atoms with Crippen LogP contribution in [0, 0.1) is 11.3 Å². The van der Waals surface area contributed by atoms with Gasteiger partial charge < -0.3 is 15.0 Å². The molecule has 0 saturated carbocycles. The predicted molar refractivity (Wildman–Crippen MR) is 137 cm³/mol. The van der Waals surface area contributed by atoms with E-state index in [9.17, 15) is 14.4 Å². The molecule has 0 aromatic carbocycles. The molecule has 1 aliphatic heterocycles. The van der Waals surface area contributed by atoms with Gasteiger partial charge in [0.1, 0.15) is 6.04 Å². The molecule has 0 unspecified atom stereocenters. The van der Waals surface area contributed by atoms with Crippen molar-refractivity contribution in [2.45, 2.75) is 112 Å². The summed E-state index contributed by atoms with van der Waals surface area (Å²) in [7, 11) is 1.74. The Labute approximate surface area is 207 Å². The molecule has 0 aliphatic carbocycles. The minimum Gasteiger partial charge on any atom is -0.463 e. The van der Waals surface area contributed by atoms with Gasteiger partial charge in [-0.05, 0) is 65.3 Å². The lowest BCUT2D eigenvalue weighted by molar-refractivity contribution is -0.142. The molecule has 1 heterocycles. The molecule has 34 heavy (non-hydrogen) atoms. The first-order valence-corrected chi connectivity index (χ1v) is 12.7. The van der Waals surface area contributed by atoms with Crippen LogP contribution < -0.4 is 5.32 Å². The Kier molecular flexibility index (Phi) is 10.8. The summed E-state index contributed by atoms with van der Waals surface area (Å²) in [6.07, 6.45) is 4.67. The highest BCUT2D eigenvalue weighted by atomic mass is 16.5. The van der Waals surface area contributed by atoms with E-state index < -0.39 is 11.5 Å². The second-order valence-electron chi connectivity index (χ2n) is 11.9. The maximum atomic E-state index is 13.8. The average Bonchev–Trinajstić information content (AvgIpc) is 2.72. The maximum Gasteiger partial charge on any atom is 0.333 e. The summed E-state index contributed by atoms with van der Waals surface area (Å²) < 4.78 is 5.11. The van der Waals surface area contributed by atoms with Crippen molar-refractivity contribution in [3.8, 4) is 0 Å². The van der Waals surface area contributed by atoms with Crippen LogP contribution in [0.4, 0.5) is 0 Å². The molecule has 0 bridgehead atoms. The first-order chi connectivity index (χ1) is 15.5. The zero-order chi connectivity index (χ0) is 26.4. The van der Waals surface area contributed by atoms with Gasteiger partial charge in [0.05, 0.1) is 18.7 Å². The fourth-order valence-corrected chi connectivity index (χ4v) is 4.57. The Bertz CT molecular complexity index is 746. The molecule has 2 amide bonds. The van der Waals surface area contributed by atoms with Gasteiger partial charge in [0, 0.05) is 18.2 Å². The maximum absolute atomic E-state index is 13.8. The Hall–Kier alpha value is -1.89. The highest BCUT2D eigenvalue weighted by molar-refractivity contribution is 5.91. The molecule has 3 atom stereocenters. The van der Waals surface area contributed by atoms with E-state index in [1.807, 2.05) is 34.6 Å². The van der Waals surface area contributed by atoms with Crippen molar-refractivity contribution in [3.05, 3.63) is 11.6 Å². The third-order valence-electron chi connectivity index (χ3n) is 6.56. The summed E-state index contributed by atoms with van der Waals surface area (Å²) in [6, 6.07) is -1.24. The number of amides is 2. The molecule has 1 saturated heterocycles. The number of likely N-dealkylation sites (tertiary alicyclic amines) is 1. The van der Waals surface area contributed by atoms with Gasteiger partial charge in [-0.25, -0.2) is 4.79 Å². The number of carbonyl (C=O) groups excluding carboxylic acids is 3. The van der Waals surface area contributed by atoms with Crippen molar-refractivity contribution in [3.63, 3.8) is 0 Å². The van der Waals surface area contributed by atoms with Gasteiger partial charge in [-0.2, -0.15) is 0 Å².